The van der Waals surface area contributed by atoms with Gasteiger partial charge in [-0.1, -0.05) is 19.1 Å². The molecule has 1 aromatic carbocycles. The van der Waals surface area contributed by atoms with Gasteiger partial charge in [0.25, 0.3) is 0 Å². The molecule has 106 valence electrons. The maximum Gasteiger partial charge on any atom is 0.240 e. The lowest BCUT2D eigenvalue weighted by Crippen LogP contribution is -2.59. The number of hydrogen-bond acceptors (Lipinski definition) is 3. The van der Waals surface area contributed by atoms with Gasteiger partial charge in [-0.25, -0.2) is 0 Å². The first-order valence-corrected chi connectivity index (χ1v) is 6.66. The molecule has 1 rings (SSSR count). The van der Waals surface area contributed by atoms with Crippen molar-refractivity contribution in [3.8, 4) is 5.75 Å². The number of amides is 1. The van der Waals surface area contributed by atoms with Crippen LogP contribution in [-0.4, -0.2) is 24.1 Å². The Bertz CT molecular complexity index is 415. The van der Waals surface area contributed by atoms with Gasteiger partial charge in [0.2, 0.25) is 5.91 Å². The maximum absolute atomic E-state index is 11.6. The maximum atomic E-state index is 11.6. The molecular weight excluding hydrogens is 240 g/mol. The van der Waals surface area contributed by atoms with Crippen LogP contribution < -0.4 is 15.8 Å². The molecule has 0 aliphatic rings. The van der Waals surface area contributed by atoms with E-state index < -0.39 is 11.4 Å². The molecule has 0 aliphatic carbocycles. The van der Waals surface area contributed by atoms with Gasteiger partial charge in [-0.05, 0) is 44.9 Å². The molecule has 0 fully saturated rings. The minimum Gasteiger partial charge on any atom is -0.491 e. The molecule has 0 aromatic heterocycles. The van der Waals surface area contributed by atoms with Crippen LogP contribution in [0.4, 0.5) is 0 Å². The Labute approximate surface area is 115 Å². The summed E-state index contributed by atoms with van der Waals surface area (Å²) in [6.07, 6.45) is 0.994. The van der Waals surface area contributed by atoms with Crippen LogP contribution in [0.15, 0.2) is 24.3 Å². The average molecular weight is 264 g/mol. The third kappa shape index (κ3) is 4.56. The van der Waals surface area contributed by atoms with Gasteiger partial charge in [0.05, 0.1) is 0 Å². The van der Waals surface area contributed by atoms with Gasteiger partial charge in [0, 0.05) is 6.04 Å². The van der Waals surface area contributed by atoms with E-state index in [-0.39, 0.29) is 12.6 Å². The fourth-order valence-electron chi connectivity index (χ4n) is 1.87. The lowest BCUT2D eigenvalue weighted by atomic mass is 10.0. The Morgan fingerprint density at radius 2 is 1.95 bits per heavy atom. The van der Waals surface area contributed by atoms with Crippen LogP contribution in [0, 0.1) is 0 Å². The van der Waals surface area contributed by atoms with Crippen molar-refractivity contribution in [3.05, 3.63) is 29.8 Å². The number of carbonyl (C=O) groups excluding carboxylic acids is 1. The Morgan fingerprint density at radius 1 is 1.37 bits per heavy atom. The third-order valence-electron chi connectivity index (χ3n) is 3.01. The molecule has 3 N–H and O–H groups in total. The second-order valence-electron chi connectivity index (χ2n) is 5.28. The van der Waals surface area contributed by atoms with Crippen LogP contribution in [0.3, 0.4) is 0 Å². The average Bonchev–Trinajstić information content (AvgIpc) is 2.36. The lowest BCUT2D eigenvalue weighted by molar-refractivity contribution is -0.125. The molecule has 1 atom stereocenters. The number of aryl methyl sites for hydroxylation is 1. The van der Waals surface area contributed by atoms with E-state index in [0.717, 1.165) is 12.2 Å². The molecule has 0 saturated heterocycles. The van der Waals surface area contributed by atoms with Crippen LogP contribution in [-0.2, 0) is 11.2 Å². The highest BCUT2D eigenvalue weighted by Gasteiger charge is 2.32. The van der Waals surface area contributed by atoms with E-state index in [1.165, 1.54) is 5.56 Å². The second kappa shape index (κ2) is 6.57. The minimum atomic E-state index is -0.863. The molecule has 0 aliphatic heterocycles. The highest BCUT2D eigenvalue weighted by atomic mass is 16.5. The lowest BCUT2D eigenvalue weighted by Gasteiger charge is -2.29. The summed E-state index contributed by atoms with van der Waals surface area (Å²) in [6.45, 7) is 8.02. The van der Waals surface area contributed by atoms with Gasteiger partial charge in [-0.2, -0.15) is 0 Å². The van der Waals surface area contributed by atoms with Crippen molar-refractivity contribution in [3.63, 3.8) is 0 Å². The van der Waals surface area contributed by atoms with Crippen LogP contribution in [0.2, 0.25) is 0 Å². The van der Waals surface area contributed by atoms with Crippen molar-refractivity contribution in [1.29, 1.82) is 0 Å². The quantitative estimate of drug-likeness (QED) is 0.790. The zero-order valence-electron chi connectivity index (χ0n) is 12.2. The van der Waals surface area contributed by atoms with Crippen molar-refractivity contribution < 1.29 is 9.53 Å². The molecule has 0 radical (unpaired) electrons. The number of nitrogens with one attached hydrogen (secondary N) is 1. The number of nitrogens with two attached hydrogens (primary N) is 1. The summed E-state index contributed by atoms with van der Waals surface area (Å²) in [4.78, 5) is 11.6. The van der Waals surface area contributed by atoms with Gasteiger partial charge in [-0.15, -0.1) is 0 Å². The number of ether oxygens (including phenoxy) is 1. The molecule has 1 aromatic rings. The van der Waals surface area contributed by atoms with Crippen LogP contribution >= 0.6 is 0 Å². The van der Waals surface area contributed by atoms with E-state index in [2.05, 4.69) is 12.2 Å². The van der Waals surface area contributed by atoms with E-state index >= 15 is 0 Å². The van der Waals surface area contributed by atoms with Gasteiger partial charge >= 0.3 is 0 Å². The van der Waals surface area contributed by atoms with E-state index in [0.29, 0.717) is 0 Å². The topological polar surface area (TPSA) is 64.3 Å². The normalized spacial score (nSPS) is 14.2. The molecule has 4 nitrogen and oxygen atoms in total. The smallest absolute Gasteiger partial charge is 0.240 e. The summed E-state index contributed by atoms with van der Waals surface area (Å²) in [6, 6.07) is 8.02. The number of primary amides is 1. The van der Waals surface area contributed by atoms with E-state index in [1.54, 1.807) is 6.92 Å². The monoisotopic (exact) mass is 264 g/mol. The fourth-order valence-corrected chi connectivity index (χ4v) is 1.87. The molecule has 4 heteroatoms. The number of rotatable bonds is 7. The fraction of sp³-hybridized carbons (Fsp3) is 0.533. The van der Waals surface area contributed by atoms with Crippen molar-refractivity contribution >= 4 is 5.91 Å². The molecule has 19 heavy (non-hydrogen) atoms. The number of benzene rings is 1. The van der Waals surface area contributed by atoms with Gasteiger partial charge < -0.3 is 10.5 Å². The summed E-state index contributed by atoms with van der Waals surface area (Å²) in [7, 11) is 0. The van der Waals surface area contributed by atoms with E-state index in [9.17, 15) is 4.79 Å². The summed E-state index contributed by atoms with van der Waals surface area (Å²) >= 11 is 0. The highest BCUT2D eigenvalue weighted by molar-refractivity contribution is 5.84. The summed E-state index contributed by atoms with van der Waals surface area (Å²) in [5.74, 6) is 0.335. The van der Waals surface area contributed by atoms with Crippen molar-refractivity contribution in [2.45, 2.75) is 45.7 Å². The van der Waals surface area contributed by atoms with Crippen molar-refractivity contribution in [2.24, 2.45) is 5.73 Å². The Balaban J connectivity index is 2.67. The van der Waals surface area contributed by atoms with E-state index in [1.807, 2.05) is 38.1 Å². The minimum absolute atomic E-state index is 0.156. The Kier molecular flexibility index (Phi) is 5.36. The molecule has 0 bridgehead atoms. The summed E-state index contributed by atoms with van der Waals surface area (Å²) in [5, 5.41) is 3.15. The van der Waals surface area contributed by atoms with E-state index in [4.69, 9.17) is 10.5 Å². The first-order chi connectivity index (χ1) is 8.87. The van der Waals surface area contributed by atoms with Crippen LogP contribution in [0.1, 0.15) is 33.3 Å². The summed E-state index contributed by atoms with van der Waals surface area (Å²) < 4.78 is 5.67. The standard InChI is InChI=1S/C15H24N2O2/c1-5-12-6-8-13(9-7-12)19-10-15(4,14(16)18)17-11(2)3/h6-9,11,17H,5,10H2,1-4H3,(H2,16,18). The zero-order valence-corrected chi connectivity index (χ0v) is 12.2. The van der Waals surface area contributed by atoms with Crippen molar-refractivity contribution in [1.82, 2.24) is 5.32 Å². The van der Waals surface area contributed by atoms with Gasteiger partial charge in [0.15, 0.2) is 0 Å². The molecule has 0 heterocycles. The molecule has 1 unspecified atom stereocenters. The largest absolute Gasteiger partial charge is 0.491 e. The molecular formula is C15H24N2O2. The highest BCUT2D eigenvalue weighted by Crippen LogP contribution is 2.15. The summed E-state index contributed by atoms with van der Waals surface area (Å²) in [5.41, 5.74) is 5.84. The number of hydrogen-bond donors (Lipinski definition) is 2. The predicted molar refractivity (Wildman–Crippen MR) is 77.2 cm³/mol. The first-order valence-electron chi connectivity index (χ1n) is 6.66. The predicted octanol–water partition coefficient (Wildman–Crippen LogP) is 1.87. The van der Waals surface area contributed by atoms with Gasteiger partial charge in [-0.3, -0.25) is 10.1 Å². The Morgan fingerprint density at radius 3 is 2.37 bits per heavy atom. The third-order valence-corrected chi connectivity index (χ3v) is 3.01. The SMILES string of the molecule is CCc1ccc(OCC(C)(NC(C)C)C(N)=O)cc1. The van der Waals surface area contributed by atoms with Crippen LogP contribution in [0.5, 0.6) is 5.75 Å². The zero-order chi connectivity index (χ0) is 14.5. The molecule has 0 saturated carbocycles. The van der Waals surface area contributed by atoms with Gasteiger partial charge in [0.1, 0.15) is 17.9 Å². The first kappa shape index (κ1) is 15.5. The van der Waals surface area contributed by atoms with Crippen LogP contribution in [0.25, 0.3) is 0 Å². The number of carbonyl (C=O) groups is 1. The molecule has 0 spiro atoms. The van der Waals surface area contributed by atoms with Crippen molar-refractivity contribution in [2.75, 3.05) is 6.61 Å². The Hall–Kier alpha value is -1.55. The molecule has 1 amide bonds. The second-order valence-corrected chi connectivity index (χ2v) is 5.28.